The molecule has 0 fully saturated rings. The smallest absolute Gasteiger partial charge is 0.225 e. The van der Waals surface area contributed by atoms with E-state index in [0.29, 0.717) is 31.6 Å². The fraction of sp³-hybridized carbons (Fsp3) is 0.217. The predicted octanol–water partition coefficient (Wildman–Crippen LogP) is 4.14. The van der Waals surface area contributed by atoms with E-state index in [1.807, 2.05) is 49.4 Å². The SMILES string of the molecule is Cc1ccc(NC(=O)CCCc2nc3cccnc3n2Cc2ccccc2)nc1. The van der Waals surface area contributed by atoms with Gasteiger partial charge in [0.15, 0.2) is 5.65 Å². The van der Waals surface area contributed by atoms with Crippen LogP contribution in [0.3, 0.4) is 0 Å². The van der Waals surface area contributed by atoms with Gasteiger partial charge in [-0.2, -0.15) is 0 Å². The molecule has 6 heteroatoms. The molecule has 3 aromatic heterocycles. The third-order valence-electron chi connectivity index (χ3n) is 4.75. The molecule has 0 aliphatic heterocycles. The molecule has 4 aromatic rings. The predicted molar refractivity (Wildman–Crippen MR) is 114 cm³/mol. The molecule has 0 saturated heterocycles. The van der Waals surface area contributed by atoms with Crippen molar-refractivity contribution in [2.45, 2.75) is 32.7 Å². The van der Waals surface area contributed by atoms with Gasteiger partial charge >= 0.3 is 0 Å². The number of benzene rings is 1. The highest BCUT2D eigenvalue weighted by atomic mass is 16.1. The van der Waals surface area contributed by atoms with Crippen LogP contribution in [-0.4, -0.2) is 25.4 Å². The van der Waals surface area contributed by atoms with Gasteiger partial charge in [0.05, 0.1) is 6.54 Å². The van der Waals surface area contributed by atoms with E-state index in [9.17, 15) is 4.79 Å². The van der Waals surface area contributed by atoms with E-state index in [-0.39, 0.29) is 5.91 Å². The van der Waals surface area contributed by atoms with Crippen LogP contribution in [0.5, 0.6) is 0 Å². The number of hydrogen-bond donors (Lipinski definition) is 1. The summed E-state index contributed by atoms with van der Waals surface area (Å²) >= 11 is 0. The minimum Gasteiger partial charge on any atom is -0.311 e. The van der Waals surface area contributed by atoms with Crippen molar-refractivity contribution in [1.82, 2.24) is 19.5 Å². The minimum absolute atomic E-state index is 0.0369. The lowest BCUT2D eigenvalue weighted by Gasteiger charge is -2.09. The molecule has 3 heterocycles. The van der Waals surface area contributed by atoms with Crippen LogP contribution < -0.4 is 5.32 Å². The molecule has 1 aromatic carbocycles. The van der Waals surface area contributed by atoms with Gasteiger partial charge in [-0.25, -0.2) is 15.0 Å². The topological polar surface area (TPSA) is 72.7 Å². The van der Waals surface area contributed by atoms with Crippen LogP contribution in [0, 0.1) is 6.92 Å². The van der Waals surface area contributed by atoms with Crippen molar-refractivity contribution in [3.05, 3.63) is 83.9 Å². The number of aryl methyl sites for hydroxylation is 2. The summed E-state index contributed by atoms with van der Waals surface area (Å²) < 4.78 is 2.14. The van der Waals surface area contributed by atoms with Crippen molar-refractivity contribution < 1.29 is 4.79 Å². The molecule has 0 bridgehead atoms. The number of anilines is 1. The van der Waals surface area contributed by atoms with E-state index in [2.05, 4.69) is 32.0 Å². The number of nitrogens with one attached hydrogen (secondary N) is 1. The zero-order valence-electron chi connectivity index (χ0n) is 16.4. The number of nitrogens with zero attached hydrogens (tertiary/aromatic N) is 4. The summed E-state index contributed by atoms with van der Waals surface area (Å²) in [7, 11) is 0. The lowest BCUT2D eigenvalue weighted by molar-refractivity contribution is -0.116. The van der Waals surface area contributed by atoms with Crippen LogP contribution in [0.1, 0.15) is 29.8 Å². The van der Waals surface area contributed by atoms with Gasteiger partial charge in [0.2, 0.25) is 5.91 Å². The average molecular weight is 385 g/mol. The molecule has 0 aliphatic rings. The Labute approximate surface area is 169 Å². The minimum atomic E-state index is -0.0369. The highest BCUT2D eigenvalue weighted by Gasteiger charge is 2.13. The van der Waals surface area contributed by atoms with Crippen LogP contribution in [-0.2, 0) is 17.8 Å². The number of carbonyl (C=O) groups excluding carboxylic acids is 1. The maximum absolute atomic E-state index is 12.2. The summed E-state index contributed by atoms with van der Waals surface area (Å²) in [6.45, 7) is 2.68. The molecule has 6 nitrogen and oxygen atoms in total. The van der Waals surface area contributed by atoms with Crippen LogP contribution in [0.2, 0.25) is 0 Å². The van der Waals surface area contributed by atoms with E-state index in [1.165, 1.54) is 5.56 Å². The molecule has 146 valence electrons. The maximum Gasteiger partial charge on any atom is 0.225 e. The first-order chi connectivity index (χ1) is 14.2. The van der Waals surface area contributed by atoms with Gasteiger partial charge in [0, 0.05) is 25.2 Å². The van der Waals surface area contributed by atoms with Crippen molar-refractivity contribution >= 4 is 22.9 Å². The Hall–Kier alpha value is -3.54. The lowest BCUT2D eigenvalue weighted by Crippen LogP contribution is -2.13. The Kier molecular flexibility index (Phi) is 5.61. The van der Waals surface area contributed by atoms with Gasteiger partial charge in [-0.05, 0) is 42.7 Å². The summed E-state index contributed by atoms with van der Waals surface area (Å²) in [6, 6.07) is 17.9. The fourth-order valence-electron chi connectivity index (χ4n) is 3.28. The van der Waals surface area contributed by atoms with Crippen LogP contribution in [0.4, 0.5) is 5.82 Å². The molecule has 0 atom stereocenters. The molecular formula is C23H23N5O. The number of carbonyl (C=O) groups is 1. The van der Waals surface area contributed by atoms with Crippen molar-refractivity contribution in [1.29, 1.82) is 0 Å². The lowest BCUT2D eigenvalue weighted by atomic mass is 10.2. The Morgan fingerprint density at radius 3 is 2.69 bits per heavy atom. The van der Waals surface area contributed by atoms with E-state index in [0.717, 1.165) is 22.6 Å². The van der Waals surface area contributed by atoms with Gasteiger partial charge in [0.25, 0.3) is 0 Å². The number of rotatable bonds is 7. The largest absolute Gasteiger partial charge is 0.311 e. The molecule has 0 radical (unpaired) electrons. The summed E-state index contributed by atoms with van der Waals surface area (Å²) in [5.41, 5.74) is 4.02. The standard InChI is InChI=1S/C23H23N5O/c1-17-12-13-20(25-15-17)27-22(29)11-5-10-21-26-19-9-6-14-24-23(19)28(21)16-18-7-3-2-4-8-18/h2-4,6-9,12-15H,5,10-11,16H2,1H3,(H,25,27,29). The molecule has 29 heavy (non-hydrogen) atoms. The number of hydrogen-bond acceptors (Lipinski definition) is 4. The number of imidazole rings is 1. The Morgan fingerprint density at radius 1 is 1.03 bits per heavy atom. The zero-order chi connectivity index (χ0) is 20.1. The van der Waals surface area contributed by atoms with Crippen molar-refractivity contribution in [2.75, 3.05) is 5.32 Å². The van der Waals surface area contributed by atoms with Gasteiger partial charge in [-0.3, -0.25) is 4.79 Å². The van der Waals surface area contributed by atoms with Crippen molar-refractivity contribution in [3.8, 4) is 0 Å². The monoisotopic (exact) mass is 385 g/mol. The molecule has 1 amide bonds. The Balaban J connectivity index is 1.44. The highest BCUT2D eigenvalue weighted by Crippen LogP contribution is 2.18. The summed E-state index contributed by atoms with van der Waals surface area (Å²) in [6.07, 6.45) is 5.36. The van der Waals surface area contributed by atoms with E-state index in [4.69, 9.17) is 4.98 Å². The van der Waals surface area contributed by atoms with E-state index < -0.39 is 0 Å². The number of pyridine rings is 2. The molecule has 0 saturated carbocycles. The summed E-state index contributed by atoms with van der Waals surface area (Å²) in [5, 5.41) is 2.85. The van der Waals surface area contributed by atoms with Crippen LogP contribution >= 0.6 is 0 Å². The summed E-state index contributed by atoms with van der Waals surface area (Å²) in [4.78, 5) is 25.7. The van der Waals surface area contributed by atoms with Gasteiger partial charge in [-0.15, -0.1) is 0 Å². The molecule has 0 aliphatic carbocycles. The van der Waals surface area contributed by atoms with Gasteiger partial charge in [-0.1, -0.05) is 36.4 Å². The molecule has 0 unspecified atom stereocenters. The molecule has 0 spiro atoms. The van der Waals surface area contributed by atoms with Crippen LogP contribution in [0.15, 0.2) is 67.0 Å². The van der Waals surface area contributed by atoms with Gasteiger partial charge < -0.3 is 9.88 Å². The maximum atomic E-state index is 12.2. The van der Waals surface area contributed by atoms with Crippen molar-refractivity contribution in [3.63, 3.8) is 0 Å². The fourth-order valence-corrected chi connectivity index (χ4v) is 3.28. The molecule has 4 rings (SSSR count). The van der Waals surface area contributed by atoms with E-state index in [1.54, 1.807) is 12.4 Å². The number of fused-ring (bicyclic) bond motifs is 1. The number of amides is 1. The third kappa shape index (κ3) is 4.66. The normalized spacial score (nSPS) is 10.9. The van der Waals surface area contributed by atoms with E-state index >= 15 is 0 Å². The zero-order valence-corrected chi connectivity index (χ0v) is 16.4. The van der Waals surface area contributed by atoms with Crippen molar-refractivity contribution in [2.24, 2.45) is 0 Å². The summed E-state index contributed by atoms with van der Waals surface area (Å²) in [5.74, 6) is 1.50. The quantitative estimate of drug-likeness (QED) is 0.519. The molecular weight excluding hydrogens is 362 g/mol. The molecule has 1 N–H and O–H groups in total. The first-order valence-electron chi connectivity index (χ1n) is 9.75. The number of aromatic nitrogens is 4. The first kappa shape index (κ1) is 18.8. The van der Waals surface area contributed by atoms with Crippen LogP contribution in [0.25, 0.3) is 11.2 Å². The Bertz CT molecular complexity index is 1100. The second kappa shape index (κ2) is 8.65. The average Bonchev–Trinajstić information content (AvgIpc) is 3.08. The second-order valence-corrected chi connectivity index (χ2v) is 7.07. The highest BCUT2D eigenvalue weighted by molar-refractivity contribution is 5.89. The third-order valence-corrected chi connectivity index (χ3v) is 4.75. The Morgan fingerprint density at radius 2 is 1.90 bits per heavy atom. The second-order valence-electron chi connectivity index (χ2n) is 7.07. The first-order valence-corrected chi connectivity index (χ1v) is 9.75. The van der Waals surface area contributed by atoms with Gasteiger partial charge in [0.1, 0.15) is 17.2 Å².